The molecule has 2 aliphatic rings. The zero-order valence-electron chi connectivity index (χ0n) is 11.1. The second-order valence-electron chi connectivity index (χ2n) is 6.25. The van der Waals surface area contributed by atoms with Gasteiger partial charge >= 0.3 is 0 Å². The van der Waals surface area contributed by atoms with Crippen LogP contribution in [0.3, 0.4) is 0 Å². The molecule has 1 aliphatic carbocycles. The van der Waals surface area contributed by atoms with E-state index in [1.807, 2.05) is 0 Å². The summed E-state index contributed by atoms with van der Waals surface area (Å²) < 4.78 is 0. The van der Waals surface area contributed by atoms with Crippen LogP contribution in [0.25, 0.3) is 0 Å². The minimum Gasteiger partial charge on any atom is -0.324 e. The SMILES string of the molecule is CN(C)C1CCN(CC(C)(N)C2CC2)CC1. The quantitative estimate of drug-likeness (QED) is 0.779. The standard InChI is InChI=1S/C13H27N3/c1-13(14,11-4-5-11)10-16-8-6-12(7-9-16)15(2)3/h11-12H,4-10,14H2,1-3H3. The lowest BCUT2D eigenvalue weighted by molar-refractivity contribution is 0.120. The molecule has 2 N–H and O–H groups in total. The summed E-state index contributed by atoms with van der Waals surface area (Å²) in [6, 6.07) is 0.779. The van der Waals surface area contributed by atoms with E-state index in [1.54, 1.807) is 0 Å². The van der Waals surface area contributed by atoms with Gasteiger partial charge in [0.15, 0.2) is 0 Å². The molecule has 16 heavy (non-hydrogen) atoms. The number of rotatable bonds is 4. The van der Waals surface area contributed by atoms with Gasteiger partial charge in [0.2, 0.25) is 0 Å². The third kappa shape index (κ3) is 2.96. The number of nitrogens with two attached hydrogens (primary N) is 1. The first-order valence-corrected chi connectivity index (χ1v) is 6.67. The Hall–Kier alpha value is -0.120. The van der Waals surface area contributed by atoms with Gasteiger partial charge in [0.25, 0.3) is 0 Å². The Balaban J connectivity index is 1.76. The molecule has 1 unspecified atom stereocenters. The molecule has 1 saturated carbocycles. The molecule has 0 radical (unpaired) electrons. The smallest absolute Gasteiger partial charge is 0.0283 e. The third-order valence-electron chi connectivity index (χ3n) is 4.36. The molecule has 1 heterocycles. The molecule has 0 spiro atoms. The van der Waals surface area contributed by atoms with Crippen molar-refractivity contribution in [2.45, 2.75) is 44.2 Å². The molecule has 3 heteroatoms. The van der Waals surface area contributed by atoms with Crippen molar-refractivity contribution in [2.75, 3.05) is 33.7 Å². The van der Waals surface area contributed by atoms with Crippen LogP contribution in [0.2, 0.25) is 0 Å². The van der Waals surface area contributed by atoms with Crippen LogP contribution in [0.1, 0.15) is 32.6 Å². The minimum absolute atomic E-state index is 0.0605. The summed E-state index contributed by atoms with van der Waals surface area (Å²) in [5.41, 5.74) is 6.46. The van der Waals surface area contributed by atoms with Gasteiger partial charge in [-0.25, -0.2) is 0 Å². The monoisotopic (exact) mass is 225 g/mol. The van der Waals surface area contributed by atoms with E-state index in [2.05, 4.69) is 30.8 Å². The molecule has 0 aromatic rings. The molecule has 0 aromatic heterocycles. The van der Waals surface area contributed by atoms with Crippen LogP contribution in [-0.4, -0.2) is 55.1 Å². The van der Waals surface area contributed by atoms with Gasteiger partial charge in [0.05, 0.1) is 0 Å². The Bertz CT molecular complexity index is 225. The maximum Gasteiger partial charge on any atom is 0.0283 e. The van der Waals surface area contributed by atoms with Crippen molar-refractivity contribution in [3.63, 3.8) is 0 Å². The van der Waals surface area contributed by atoms with Crippen LogP contribution in [-0.2, 0) is 0 Å². The maximum atomic E-state index is 6.40. The van der Waals surface area contributed by atoms with E-state index in [0.717, 1.165) is 18.5 Å². The average Bonchev–Trinajstić information content (AvgIpc) is 3.01. The zero-order chi connectivity index (χ0) is 11.8. The van der Waals surface area contributed by atoms with Crippen molar-refractivity contribution >= 4 is 0 Å². The summed E-state index contributed by atoms with van der Waals surface area (Å²) in [4.78, 5) is 4.93. The second kappa shape index (κ2) is 4.63. The third-order valence-corrected chi connectivity index (χ3v) is 4.36. The van der Waals surface area contributed by atoms with Crippen molar-refractivity contribution in [3.8, 4) is 0 Å². The van der Waals surface area contributed by atoms with Gasteiger partial charge in [-0.05, 0) is 65.7 Å². The molecular formula is C13H27N3. The van der Waals surface area contributed by atoms with E-state index in [4.69, 9.17) is 5.73 Å². The first kappa shape index (κ1) is 12.3. The van der Waals surface area contributed by atoms with E-state index in [9.17, 15) is 0 Å². The van der Waals surface area contributed by atoms with Crippen molar-refractivity contribution in [1.82, 2.24) is 9.80 Å². The van der Waals surface area contributed by atoms with Gasteiger partial charge in [0, 0.05) is 18.1 Å². The molecule has 94 valence electrons. The molecule has 3 nitrogen and oxygen atoms in total. The fourth-order valence-electron chi connectivity index (χ4n) is 2.95. The van der Waals surface area contributed by atoms with E-state index in [-0.39, 0.29) is 5.54 Å². The van der Waals surface area contributed by atoms with Crippen LogP contribution in [0, 0.1) is 5.92 Å². The lowest BCUT2D eigenvalue weighted by Crippen LogP contribution is -2.52. The molecule has 2 fully saturated rings. The van der Waals surface area contributed by atoms with Gasteiger partial charge in [-0.3, -0.25) is 0 Å². The van der Waals surface area contributed by atoms with Crippen molar-refractivity contribution in [1.29, 1.82) is 0 Å². The number of likely N-dealkylation sites (tertiary alicyclic amines) is 1. The molecule has 1 aliphatic heterocycles. The molecule has 0 aromatic carbocycles. The van der Waals surface area contributed by atoms with E-state index >= 15 is 0 Å². The van der Waals surface area contributed by atoms with E-state index in [1.165, 1.54) is 38.8 Å². The number of hydrogen-bond acceptors (Lipinski definition) is 3. The summed E-state index contributed by atoms with van der Waals surface area (Å²) in [5, 5.41) is 0. The Morgan fingerprint density at radius 3 is 2.19 bits per heavy atom. The normalized spacial score (nSPS) is 28.3. The number of hydrogen-bond donors (Lipinski definition) is 1. The average molecular weight is 225 g/mol. The van der Waals surface area contributed by atoms with Crippen molar-refractivity contribution in [3.05, 3.63) is 0 Å². The minimum atomic E-state index is 0.0605. The van der Waals surface area contributed by atoms with Gasteiger partial charge in [-0.1, -0.05) is 0 Å². The van der Waals surface area contributed by atoms with Crippen LogP contribution in [0.15, 0.2) is 0 Å². The zero-order valence-corrected chi connectivity index (χ0v) is 11.1. The number of piperidine rings is 1. The summed E-state index contributed by atoms with van der Waals surface area (Å²) in [6.07, 6.45) is 5.30. The van der Waals surface area contributed by atoms with E-state index < -0.39 is 0 Å². The van der Waals surface area contributed by atoms with Crippen LogP contribution < -0.4 is 5.73 Å². The summed E-state index contributed by atoms with van der Waals surface area (Å²) in [5.74, 6) is 0.791. The summed E-state index contributed by atoms with van der Waals surface area (Å²) >= 11 is 0. The topological polar surface area (TPSA) is 32.5 Å². The van der Waals surface area contributed by atoms with Gasteiger partial charge in [-0.15, -0.1) is 0 Å². The number of nitrogens with zero attached hydrogens (tertiary/aromatic N) is 2. The van der Waals surface area contributed by atoms with Crippen LogP contribution in [0.5, 0.6) is 0 Å². The Labute approximate surface area is 100.0 Å². The summed E-state index contributed by atoms with van der Waals surface area (Å²) in [7, 11) is 4.38. The van der Waals surface area contributed by atoms with Crippen LogP contribution >= 0.6 is 0 Å². The lowest BCUT2D eigenvalue weighted by atomic mass is 9.94. The second-order valence-corrected chi connectivity index (χ2v) is 6.25. The molecule has 0 bridgehead atoms. The van der Waals surface area contributed by atoms with E-state index in [0.29, 0.717) is 0 Å². The van der Waals surface area contributed by atoms with Gasteiger partial charge in [-0.2, -0.15) is 0 Å². The summed E-state index contributed by atoms with van der Waals surface area (Å²) in [6.45, 7) is 5.78. The molecular weight excluding hydrogens is 198 g/mol. The highest BCUT2D eigenvalue weighted by atomic mass is 15.2. The fourth-order valence-corrected chi connectivity index (χ4v) is 2.95. The lowest BCUT2D eigenvalue weighted by Gasteiger charge is -2.39. The highest BCUT2D eigenvalue weighted by Gasteiger charge is 2.39. The molecule has 0 amide bonds. The molecule has 1 atom stereocenters. The Kier molecular flexibility index (Phi) is 3.57. The predicted octanol–water partition coefficient (Wildman–Crippen LogP) is 1.14. The first-order valence-electron chi connectivity index (χ1n) is 6.67. The maximum absolute atomic E-state index is 6.40. The fraction of sp³-hybridized carbons (Fsp3) is 1.00. The van der Waals surface area contributed by atoms with Gasteiger partial charge in [0.1, 0.15) is 0 Å². The highest BCUT2D eigenvalue weighted by Crippen LogP contribution is 2.38. The van der Waals surface area contributed by atoms with Gasteiger partial charge < -0.3 is 15.5 Å². The highest BCUT2D eigenvalue weighted by molar-refractivity contribution is 4.97. The van der Waals surface area contributed by atoms with Crippen molar-refractivity contribution in [2.24, 2.45) is 11.7 Å². The van der Waals surface area contributed by atoms with Crippen LogP contribution in [0.4, 0.5) is 0 Å². The Morgan fingerprint density at radius 2 is 1.75 bits per heavy atom. The first-order chi connectivity index (χ1) is 7.49. The molecule has 2 rings (SSSR count). The largest absolute Gasteiger partial charge is 0.324 e. The predicted molar refractivity (Wildman–Crippen MR) is 68.5 cm³/mol. The van der Waals surface area contributed by atoms with Crippen molar-refractivity contribution < 1.29 is 0 Å². The molecule has 1 saturated heterocycles. The Morgan fingerprint density at radius 1 is 1.19 bits per heavy atom.